The van der Waals surface area contributed by atoms with E-state index in [9.17, 15) is 14.4 Å². The molecule has 1 rings (SSSR count). The highest BCUT2D eigenvalue weighted by Gasteiger charge is 2.36. The maximum Gasteiger partial charge on any atom is 0.307 e. The molecule has 2 atom stereocenters. The predicted molar refractivity (Wildman–Crippen MR) is 101 cm³/mol. The van der Waals surface area contributed by atoms with E-state index in [-0.39, 0.29) is 11.3 Å². The van der Waals surface area contributed by atoms with Crippen molar-refractivity contribution in [1.82, 2.24) is 0 Å². The van der Waals surface area contributed by atoms with Crippen molar-refractivity contribution in [2.45, 2.75) is 66.9 Å². The Hall–Kier alpha value is -2.37. The van der Waals surface area contributed by atoms with Crippen LogP contribution in [0.4, 0.5) is 0 Å². The first-order chi connectivity index (χ1) is 12.5. The van der Waals surface area contributed by atoms with Crippen molar-refractivity contribution < 1.29 is 28.6 Å². The average Bonchev–Trinajstić information content (AvgIpc) is 2.52. The Balaban J connectivity index is 3.18. The second-order valence-electron chi connectivity index (χ2n) is 7.50. The number of allylic oxidation sites excluding steroid dienone is 2. The summed E-state index contributed by atoms with van der Waals surface area (Å²) in [6.07, 6.45) is 8.08. The SMILES string of the molecule is CC(=O)OC=CC(=COC(C)=O)C(CC1C(C)=CCCC1(C)C)OC(C)=O. The first kappa shape index (κ1) is 22.7. The van der Waals surface area contributed by atoms with Crippen LogP contribution in [0.3, 0.4) is 0 Å². The van der Waals surface area contributed by atoms with Crippen molar-refractivity contribution in [2.75, 3.05) is 0 Å². The van der Waals surface area contributed by atoms with Crippen molar-refractivity contribution in [3.05, 3.63) is 35.8 Å². The molecule has 1 aliphatic carbocycles. The quantitative estimate of drug-likeness (QED) is 0.217. The molecule has 0 aliphatic heterocycles. The van der Waals surface area contributed by atoms with Crippen LogP contribution in [0.1, 0.15) is 60.8 Å². The minimum atomic E-state index is -0.639. The summed E-state index contributed by atoms with van der Waals surface area (Å²) >= 11 is 0. The molecule has 0 N–H and O–H groups in total. The lowest BCUT2D eigenvalue weighted by Gasteiger charge is -2.40. The summed E-state index contributed by atoms with van der Waals surface area (Å²) in [7, 11) is 0. The minimum Gasteiger partial charge on any atom is -0.458 e. The highest BCUT2D eigenvalue weighted by atomic mass is 16.5. The minimum absolute atomic E-state index is 0.0450. The van der Waals surface area contributed by atoms with Crippen LogP contribution in [0.2, 0.25) is 0 Å². The van der Waals surface area contributed by atoms with Crippen LogP contribution < -0.4 is 0 Å². The molecule has 150 valence electrons. The topological polar surface area (TPSA) is 78.9 Å². The van der Waals surface area contributed by atoms with Crippen LogP contribution in [0.25, 0.3) is 0 Å². The van der Waals surface area contributed by atoms with E-state index in [0.29, 0.717) is 12.0 Å². The number of ether oxygens (including phenoxy) is 3. The molecule has 1 aliphatic rings. The van der Waals surface area contributed by atoms with E-state index in [0.717, 1.165) is 12.8 Å². The zero-order chi connectivity index (χ0) is 20.6. The maximum atomic E-state index is 11.7. The lowest BCUT2D eigenvalue weighted by molar-refractivity contribution is -0.145. The lowest BCUT2D eigenvalue weighted by Crippen LogP contribution is -2.33. The Labute approximate surface area is 161 Å². The van der Waals surface area contributed by atoms with E-state index in [4.69, 9.17) is 14.2 Å². The standard InChI is InChI=1S/C21H30O6/c1-14-8-7-10-21(5,6)19(14)12-20(27-17(4)24)18(13-26-16(3)23)9-11-25-15(2)22/h8-9,11,13,19-20H,7,10,12H2,1-6H3. The molecule has 0 spiro atoms. The Morgan fingerprint density at radius 3 is 2.30 bits per heavy atom. The smallest absolute Gasteiger partial charge is 0.307 e. The summed E-state index contributed by atoms with van der Waals surface area (Å²) in [5.74, 6) is -1.22. The highest BCUT2D eigenvalue weighted by Crippen LogP contribution is 2.44. The molecule has 0 heterocycles. The molecule has 0 amide bonds. The van der Waals surface area contributed by atoms with Gasteiger partial charge in [-0.3, -0.25) is 14.4 Å². The maximum absolute atomic E-state index is 11.7. The molecule has 0 saturated carbocycles. The van der Waals surface area contributed by atoms with Crippen LogP contribution >= 0.6 is 0 Å². The van der Waals surface area contributed by atoms with Crippen molar-refractivity contribution in [1.29, 1.82) is 0 Å². The van der Waals surface area contributed by atoms with Gasteiger partial charge in [0.25, 0.3) is 0 Å². The molecule has 27 heavy (non-hydrogen) atoms. The zero-order valence-corrected chi connectivity index (χ0v) is 17.0. The lowest BCUT2D eigenvalue weighted by atomic mass is 9.66. The third-order valence-electron chi connectivity index (χ3n) is 4.73. The van der Waals surface area contributed by atoms with Gasteiger partial charge >= 0.3 is 17.9 Å². The normalized spacial score (nSPS) is 20.6. The van der Waals surface area contributed by atoms with Crippen LogP contribution in [0.5, 0.6) is 0 Å². The van der Waals surface area contributed by atoms with E-state index >= 15 is 0 Å². The van der Waals surface area contributed by atoms with Gasteiger partial charge in [0.15, 0.2) is 0 Å². The van der Waals surface area contributed by atoms with E-state index in [1.165, 1.54) is 44.9 Å². The van der Waals surface area contributed by atoms with Gasteiger partial charge in [-0.25, -0.2) is 0 Å². The molecule has 6 nitrogen and oxygen atoms in total. The molecule has 0 aromatic heterocycles. The third kappa shape index (κ3) is 7.81. The summed E-state index contributed by atoms with van der Waals surface area (Å²) in [6, 6.07) is 0. The Morgan fingerprint density at radius 2 is 1.78 bits per heavy atom. The van der Waals surface area contributed by atoms with Crippen LogP contribution in [0, 0.1) is 11.3 Å². The molecule has 0 radical (unpaired) electrons. The van der Waals surface area contributed by atoms with E-state index in [1.807, 2.05) is 0 Å². The van der Waals surface area contributed by atoms with Gasteiger partial charge in [-0.15, -0.1) is 0 Å². The number of rotatable bonds is 7. The van der Waals surface area contributed by atoms with Gasteiger partial charge in [0.2, 0.25) is 0 Å². The number of hydrogen-bond donors (Lipinski definition) is 0. The molecular formula is C21H30O6. The number of carbonyl (C=O) groups excluding carboxylic acids is 3. The predicted octanol–water partition coefficient (Wildman–Crippen LogP) is 4.21. The third-order valence-corrected chi connectivity index (χ3v) is 4.73. The van der Waals surface area contributed by atoms with E-state index in [2.05, 4.69) is 26.8 Å². The van der Waals surface area contributed by atoms with Gasteiger partial charge in [-0.05, 0) is 43.6 Å². The van der Waals surface area contributed by atoms with Gasteiger partial charge in [0, 0.05) is 26.3 Å². The number of hydrogen-bond acceptors (Lipinski definition) is 6. The molecule has 6 heteroatoms. The fourth-order valence-electron chi connectivity index (χ4n) is 3.36. The highest BCUT2D eigenvalue weighted by molar-refractivity contribution is 5.68. The average molecular weight is 378 g/mol. The Bertz CT molecular complexity index is 654. The van der Waals surface area contributed by atoms with Gasteiger partial charge in [-0.2, -0.15) is 0 Å². The summed E-state index contributed by atoms with van der Waals surface area (Å²) in [5.41, 5.74) is 1.73. The molecular weight excluding hydrogens is 348 g/mol. The monoisotopic (exact) mass is 378 g/mol. The second kappa shape index (κ2) is 10.1. The number of carbonyl (C=O) groups is 3. The van der Waals surface area contributed by atoms with Crippen LogP contribution in [0.15, 0.2) is 35.8 Å². The second-order valence-corrected chi connectivity index (χ2v) is 7.50. The van der Waals surface area contributed by atoms with Crippen molar-refractivity contribution in [3.63, 3.8) is 0 Å². The summed E-state index contributed by atoms with van der Waals surface area (Å²) in [6.45, 7) is 10.4. The molecule has 2 unspecified atom stereocenters. The first-order valence-corrected chi connectivity index (χ1v) is 9.08. The summed E-state index contributed by atoms with van der Waals surface area (Å²) in [4.78, 5) is 33.9. The molecule has 0 bridgehead atoms. The molecule has 0 fully saturated rings. The largest absolute Gasteiger partial charge is 0.458 e. The first-order valence-electron chi connectivity index (χ1n) is 9.08. The Kier molecular flexibility index (Phi) is 8.47. The van der Waals surface area contributed by atoms with Crippen molar-refractivity contribution in [3.8, 4) is 0 Å². The van der Waals surface area contributed by atoms with Crippen molar-refractivity contribution in [2.24, 2.45) is 11.3 Å². The number of esters is 3. The summed E-state index contributed by atoms with van der Waals surface area (Å²) in [5, 5.41) is 0. The van der Waals surface area contributed by atoms with Gasteiger partial charge in [0.05, 0.1) is 6.26 Å². The van der Waals surface area contributed by atoms with Crippen molar-refractivity contribution >= 4 is 17.9 Å². The van der Waals surface area contributed by atoms with Crippen LogP contribution in [-0.2, 0) is 28.6 Å². The van der Waals surface area contributed by atoms with E-state index < -0.39 is 24.0 Å². The van der Waals surface area contributed by atoms with Gasteiger partial charge < -0.3 is 14.2 Å². The van der Waals surface area contributed by atoms with E-state index in [1.54, 1.807) is 0 Å². The fraction of sp³-hybridized carbons (Fsp3) is 0.571. The molecule has 0 saturated heterocycles. The van der Waals surface area contributed by atoms with Gasteiger partial charge in [-0.1, -0.05) is 25.5 Å². The molecule has 0 aromatic carbocycles. The fourth-order valence-corrected chi connectivity index (χ4v) is 3.36. The molecule has 0 aromatic rings. The zero-order valence-electron chi connectivity index (χ0n) is 17.0. The Morgan fingerprint density at radius 1 is 1.15 bits per heavy atom. The van der Waals surface area contributed by atoms with Gasteiger partial charge in [0.1, 0.15) is 12.4 Å². The summed E-state index contributed by atoms with van der Waals surface area (Å²) < 4.78 is 15.4. The van der Waals surface area contributed by atoms with Crippen LogP contribution in [-0.4, -0.2) is 24.0 Å².